The molecule has 3 N–H and O–H groups in total. The Balaban J connectivity index is 1.53. The molecule has 35 heavy (non-hydrogen) atoms. The summed E-state index contributed by atoms with van der Waals surface area (Å²) < 4.78 is 39.4. The molecule has 3 aliphatic rings. The molecule has 4 heterocycles. The van der Waals surface area contributed by atoms with Gasteiger partial charge in [0.1, 0.15) is 17.4 Å². The molecule has 2 aromatic carbocycles. The number of imidazole rings is 1. The minimum Gasteiger partial charge on any atom is -0.480 e. The van der Waals surface area contributed by atoms with Crippen molar-refractivity contribution >= 4 is 17.5 Å². The molecule has 3 aliphatic heterocycles. The minimum absolute atomic E-state index is 0.0228. The maximum absolute atomic E-state index is 16.0. The number of rotatable bonds is 4. The van der Waals surface area contributed by atoms with Crippen molar-refractivity contribution in [2.24, 2.45) is 11.7 Å². The van der Waals surface area contributed by atoms with Crippen molar-refractivity contribution in [3.8, 4) is 5.75 Å². The molecule has 3 aromatic rings. The zero-order valence-corrected chi connectivity index (χ0v) is 19.6. The monoisotopic (exact) mass is 498 g/mol. The number of aromatic nitrogens is 2. The summed E-state index contributed by atoms with van der Waals surface area (Å²) in [6.45, 7) is 0.995. The lowest BCUT2D eigenvalue weighted by Crippen LogP contribution is -2.49. The molecule has 1 amide bonds. The van der Waals surface area contributed by atoms with Gasteiger partial charge < -0.3 is 20.4 Å². The van der Waals surface area contributed by atoms with E-state index in [1.807, 2.05) is 30.3 Å². The number of hydrogen-bond donors (Lipinski definition) is 2. The van der Waals surface area contributed by atoms with Crippen LogP contribution in [0, 0.1) is 11.7 Å². The minimum atomic E-state index is -1.68. The van der Waals surface area contributed by atoms with Crippen molar-refractivity contribution in [3.63, 3.8) is 0 Å². The molecular weight excluding hydrogens is 474 g/mol. The lowest BCUT2D eigenvalue weighted by molar-refractivity contribution is -0.124. The quantitative estimate of drug-likeness (QED) is 0.565. The molecular formula is C26H25ClF2N4O2. The number of alkyl halides is 1. The fourth-order valence-corrected chi connectivity index (χ4v) is 6.46. The van der Waals surface area contributed by atoms with E-state index in [-0.39, 0.29) is 29.0 Å². The standard InChI is InChI=1S/C26H25ClF2N4O2/c27-22-17(28)11-18-15(12-26(35-18,19-7-4-8-31-19)14-5-2-1-3-6-14)20(22)21-16(24(30)34)13-33-10-9-32-25(33)23(21)29/h1-3,5-6,9-11,16,19,21,23,31H,4,7-8,12-13H2,(H2,30,34)/t16?,19-,21?,23?,26-/m0/s1. The van der Waals surface area contributed by atoms with Crippen LogP contribution in [0.5, 0.6) is 5.75 Å². The second-order valence-corrected chi connectivity index (χ2v) is 10.00. The van der Waals surface area contributed by atoms with Crippen molar-refractivity contribution in [2.75, 3.05) is 6.54 Å². The number of nitrogens with one attached hydrogen (secondary N) is 1. The fraction of sp³-hybridized carbons (Fsp3) is 0.385. The topological polar surface area (TPSA) is 82.2 Å². The molecule has 0 aliphatic carbocycles. The summed E-state index contributed by atoms with van der Waals surface area (Å²) in [5.41, 5.74) is 6.75. The van der Waals surface area contributed by atoms with E-state index in [0.717, 1.165) is 24.9 Å². The first-order valence-electron chi connectivity index (χ1n) is 11.8. The number of carbonyl (C=O) groups excluding carboxylic acids is 1. The number of nitrogens with two attached hydrogens (primary N) is 1. The summed E-state index contributed by atoms with van der Waals surface area (Å²) in [5.74, 6) is -2.89. The van der Waals surface area contributed by atoms with Gasteiger partial charge in [-0.1, -0.05) is 41.9 Å². The summed E-state index contributed by atoms with van der Waals surface area (Å²) in [6.07, 6.45) is 3.64. The molecule has 0 spiro atoms. The number of fused-ring (bicyclic) bond motifs is 2. The van der Waals surface area contributed by atoms with Gasteiger partial charge in [0.15, 0.2) is 11.8 Å². The van der Waals surface area contributed by atoms with Gasteiger partial charge in [-0.3, -0.25) is 4.79 Å². The SMILES string of the molecule is NC(=O)C1Cn2ccnc2C(F)C1c1c(Cl)c(F)cc2c1C[C@](c1ccccc1)([C@@H]1CCCN1)O2. The van der Waals surface area contributed by atoms with Gasteiger partial charge in [-0.25, -0.2) is 13.8 Å². The molecule has 6 nitrogen and oxygen atoms in total. The first-order chi connectivity index (χ1) is 16.9. The Morgan fingerprint density at radius 3 is 2.83 bits per heavy atom. The van der Waals surface area contributed by atoms with Crippen molar-refractivity contribution < 1.29 is 18.3 Å². The summed E-state index contributed by atoms with van der Waals surface area (Å²) in [4.78, 5) is 16.7. The van der Waals surface area contributed by atoms with Crippen molar-refractivity contribution in [3.05, 3.63) is 82.1 Å². The number of ether oxygens (including phenoxy) is 1. The van der Waals surface area contributed by atoms with Gasteiger partial charge in [-0.05, 0) is 30.5 Å². The van der Waals surface area contributed by atoms with Gasteiger partial charge in [0.25, 0.3) is 0 Å². The Morgan fingerprint density at radius 1 is 1.31 bits per heavy atom. The highest BCUT2D eigenvalue weighted by atomic mass is 35.5. The summed E-state index contributed by atoms with van der Waals surface area (Å²) in [7, 11) is 0. The highest BCUT2D eigenvalue weighted by Gasteiger charge is 2.52. The third-order valence-corrected chi connectivity index (χ3v) is 8.16. The van der Waals surface area contributed by atoms with Crippen LogP contribution in [0.15, 0.2) is 48.8 Å². The zero-order valence-electron chi connectivity index (χ0n) is 18.9. The number of benzene rings is 2. The molecule has 3 unspecified atom stereocenters. The smallest absolute Gasteiger partial charge is 0.223 e. The van der Waals surface area contributed by atoms with Crippen molar-refractivity contribution in [1.29, 1.82) is 0 Å². The third-order valence-electron chi connectivity index (χ3n) is 7.78. The molecule has 0 bridgehead atoms. The first-order valence-corrected chi connectivity index (χ1v) is 12.2. The highest BCUT2D eigenvalue weighted by Crippen LogP contribution is 2.54. The van der Waals surface area contributed by atoms with Crippen molar-refractivity contribution in [2.45, 2.75) is 49.5 Å². The van der Waals surface area contributed by atoms with Crippen LogP contribution >= 0.6 is 11.6 Å². The van der Waals surface area contributed by atoms with Gasteiger partial charge in [-0.2, -0.15) is 0 Å². The first kappa shape index (κ1) is 22.5. The van der Waals surface area contributed by atoms with E-state index >= 15 is 8.78 Å². The predicted molar refractivity (Wildman–Crippen MR) is 126 cm³/mol. The molecule has 0 saturated carbocycles. The number of nitrogens with zero attached hydrogens (tertiary/aromatic N) is 2. The molecule has 6 rings (SSSR count). The van der Waals surface area contributed by atoms with E-state index < -0.39 is 35.3 Å². The van der Waals surface area contributed by atoms with Crippen LogP contribution in [0.3, 0.4) is 0 Å². The zero-order chi connectivity index (χ0) is 24.3. The average Bonchev–Trinajstić information content (AvgIpc) is 3.61. The molecule has 9 heteroatoms. The van der Waals surface area contributed by atoms with Crippen molar-refractivity contribution in [1.82, 2.24) is 14.9 Å². The van der Waals surface area contributed by atoms with E-state index in [9.17, 15) is 4.79 Å². The highest BCUT2D eigenvalue weighted by molar-refractivity contribution is 6.31. The van der Waals surface area contributed by atoms with Gasteiger partial charge in [0, 0.05) is 42.9 Å². The van der Waals surface area contributed by atoms with Crippen LogP contribution in [-0.2, 0) is 23.4 Å². The third kappa shape index (κ3) is 3.37. The Morgan fingerprint density at radius 2 is 2.11 bits per heavy atom. The normalized spacial score (nSPS) is 29.5. The number of primary amides is 1. The van der Waals surface area contributed by atoms with Crippen LogP contribution in [-0.4, -0.2) is 28.0 Å². The molecule has 1 aromatic heterocycles. The molecule has 0 radical (unpaired) electrons. The fourth-order valence-electron chi connectivity index (χ4n) is 6.16. The van der Waals surface area contributed by atoms with E-state index in [1.165, 1.54) is 12.3 Å². The molecule has 1 saturated heterocycles. The lowest BCUT2D eigenvalue weighted by atomic mass is 9.74. The van der Waals surface area contributed by atoms with Crippen LogP contribution < -0.4 is 15.8 Å². The summed E-state index contributed by atoms with van der Waals surface area (Å²) in [5, 5.41) is 3.33. The lowest BCUT2D eigenvalue weighted by Gasteiger charge is -2.36. The van der Waals surface area contributed by atoms with Crippen LogP contribution in [0.1, 0.15) is 47.4 Å². The Bertz CT molecular complexity index is 1290. The van der Waals surface area contributed by atoms with Crippen LogP contribution in [0.2, 0.25) is 5.02 Å². The largest absolute Gasteiger partial charge is 0.480 e. The Labute approximate surface area is 206 Å². The number of hydrogen-bond acceptors (Lipinski definition) is 4. The molecule has 182 valence electrons. The number of carbonyl (C=O) groups is 1. The summed E-state index contributed by atoms with van der Waals surface area (Å²) >= 11 is 6.55. The van der Waals surface area contributed by atoms with Gasteiger partial charge >= 0.3 is 0 Å². The van der Waals surface area contributed by atoms with E-state index in [1.54, 1.807) is 10.8 Å². The van der Waals surface area contributed by atoms with Crippen LogP contribution in [0.4, 0.5) is 8.78 Å². The second kappa shape index (κ2) is 8.31. The van der Waals surface area contributed by atoms with E-state index in [4.69, 9.17) is 22.1 Å². The maximum atomic E-state index is 16.0. The average molecular weight is 499 g/mol. The summed E-state index contributed by atoms with van der Waals surface area (Å²) in [6, 6.07) is 11.0. The Kier molecular flexibility index (Phi) is 5.34. The number of amides is 1. The van der Waals surface area contributed by atoms with Gasteiger partial charge in [0.2, 0.25) is 5.91 Å². The maximum Gasteiger partial charge on any atom is 0.223 e. The van der Waals surface area contributed by atoms with Gasteiger partial charge in [-0.15, -0.1) is 0 Å². The van der Waals surface area contributed by atoms with Gasteiger partial charge in [0.05, 0.1) is 17.0 Å². The second-order valence-electron chi connectivity index (χ2n) is 9.62. The molecule has 1 fully saturated rings. The molecule has 5 atom stereocenters. The van der Waals surface area contributed by atoms with Crippen LogP contribution in [0.25, 0.3) is 0 Å². The predicted octanol–water partition coefficient (Wildman–Crippen LogP) is 4.17. The van der Waals surface area contributed by atoms with E-state index in [2.05, 4.69) is 10.3 Å². The van der Waals surface area contributed by atoms with E-state index in [0.29, 0.717) is 17.7 Å². The Hall–Kier alpha value is -2.97. The number of halogens is 3.